The molecule has 4 rings (SSSR count). The van der Waals surface area contributed by atoms with Crippen LogP contribution in [0.15, 0.2) is 65.6 Å². The van der Waals surface area contributed by atoms with Gasteiger partial charge in [-0.05, 0) is 102 Å². The summed E-state index contributed by atoms with van der Waals surface area (Å²) in [5.41, 5.74) is 6.42. The lowest BCUT2D eigenvalue weighted by Crippen LogP contribution is -2.48. The van der Waals surface area contributed by atoms with Gasteiger partial charge >= 0.3 is 0 Å². The molecule has 34 heavy (non-hydrogen) atoms. The molecule has 3 aromatic carbocycles. The number of hydrogen-bond donors (Lipinski definition) is 0. The lowest BCUT2D eigenvalue weighted by atomic mass is 10.1. The predicted molar refractivity (Wildman–Crippen MR) is 152 cm³/mol. The molecule has 0 bridgehead atoms. The Bertz CT molecular complexity index is 1220. The third-order valence-electron chi connectivity index (χ3n) is 7.74. The topological polar surface area (TPSA) is 4.93 Å². The highest BCUT2D eigenvalue weighted by atomic mass is 32.2. The number of aromatic nitrogens is 1. The predicted octanol–water partition coefficient (Wildman–Crippen LogP) is 8.54. The van der Waals surface area contributed by atoms with E-state index in [1.165, 1.54) is 99.2 Å². The summed E-state index contributed by atoms with van der Waals surface area (Å²) in [6, 6.07) is 22.8. The molecule has 0 aliphatic carbocycles. The fraction of sp³-hybridized carbons (Fsp3) is 0.419. The number of aryl methyl sites for hydroxylation is 2. The van der Waals surface area contributed by atoms with Crippen LogP contribution in [0.2, 0.25) is 0 Å². The number of rotatable bonds is 11. The molecule has 0 spiro atoms. The number of quaternary nitrogens is 1. The van der Waals surface area contributed by atoms with Crippen molar-refractivity contribution >= 4 is 33.6 Å². The number of nitrogens with zero attached hydrogens (tertiary/aromatic N) is 2. The largest absolute Gasteiger partial charge is 0.324 e. The highest BCUT2D eigenvalue weighted by Crippen LogP contribution is 2.35. The first-order chi connectivity index (χ1) is 16.5. The van der Waals surface area contributed by atoms with E-state index in [1.807, 2.05) is 11.8 Å². The molecule has 0 aliphatic heterocycles. The van der Waals surface area contributed by atoms with Crippen molar-refractivity contribution in [3.8, 4) is 5.69 Å². The summed E-state index contributed by atoms with van der Waals surface area (Å²) in [4.78, 5) is 1.39. The molecule has 0 atom stereocenters. The first-order valence-corrected chi connectivity index (χ1v) is 14.1. The molecular weight excluding hydrogens is 432 g/mol. The van der Waals surface area contributed by atoms with Gasteiger partial charge in [-0.25, -0.2) is 0 Å². The summed E-state index contributed by atoms with van der Waals surface area (Å²) in [7, 11) is 0. The van der Waals surface area contributed by atoms with Gasteiger partial charge in [-0.2, -0.15) is 0 Å². The Morgan fingerprint density at radius 1 is 0.676 bits per heavy atom. The monoisotopic (exact) mass is 473 g/mol. The number of fused-ring (bicyclic) bond motifs is 3. The summed E-state index contributed by atoms with van der Waals surface area (Å²) < 4.78 is 3.69. The minimum absolute atomic E-state index is 1.20. The smallest absolute Gasteiger partial charge is 0.0786 e. The van der Waals surface area contributed by atoms with Gasteiger partial charge in [-0.3, -0.25) is 0 Å². The van der Waals surface area contributed by atoms with E-state index in [2.05, 4.69) is 99.8 Å². The Labute approximate surface area is 210 Å². The molecule has 0 unspecified atom stereocenters. The normalized spacial score (nSPS) is 12.1. The highest BCUT2D eigenvalue weighted by Gasteiger charge is 2.19. The summed E-state index contributed by atoms with van der Waals surface area (Å²) in [5.74, 6) is 1.20. The second kappa shape index (κ2) is 11.0. The zero-order valence-electron chi connectivity index (χ0n) is 21.7. The molecule has 0 aliphatic rings. The number of hydrogen-bond acceptors (Lipinski definition) is 1. The van der Waals surface area contributed by atoms with Crippen molar-refractivity contribution in [1.82, 2.24) is 4.57 Å². The molecule has 4 aromatic rings. The van der Waals surface area contributed by atoms with Crippen molar-refractivity contribution in [3.05, 3.63) is 71.8 Å². The van der Waals surface area contributed by atoms with Crippen LogP contribution in [0.25, 0.3) is 27.5 Å². The number of benzene rings is 3. The fourth-order valence-corrected chi connectivity index (χ4v) is 6.19. The summed E-state index contributed by atoms with van der Waals surface area (Å²) in [5, 5.41) is 2.71. The van der Waals surface area contributed by atoms with Crippen molar-refractivity contribution in [2.24, 2.45) is 0 Å². The number of thioether (sulfide) groups is 1. The summed E-state index contributed by atoms with van der Waals surface area (Å²) in [6.45, 7) is 16.5. The van der Waals surface area contributed by atoms with Crippen LogP contribution in [0.3, 0.4) is 0 Å². The Kier molecular flexibility index (Phi) is 8.06. The average molecular weight is 474 g/mol. The van der Waals surface area contributed by atoms with Crippen LogP contribution in [-0.2, 0) is 0 Å². The molecule has 0 amide bonds. The van der Waals surface area contributed by atoms with Gasteiger partial charge in [0.05, 0.1) is 37.2 Å². The van der Waals surface area contributed by atoms with Crippen LogP contribution in [0, 0.1) is 13.8 Å². The van der Waals surface area contributed by atoms with Gasteiger partial charge in [0.25, 0.3) is 0 Å². The van der Waals surface area contributed by atoms with Gasteiger partial charge in [-0.15, -0.1) is 11.8 Å². The molecule has 180 valence electrons. The van der Waals surface area contributed by atoms with Crippen LogP contribution in [0.5, 0.6) is 0 Å². The molecule has 0 saturated heterocycles. The SMILES string of the molecule is CC[N+](CC)(CC)CCCCCSc1ccc2c(c1)c1cc(C)ccc1n2-c1ccc(C)cc1. The minimum atomic E-state index is 1.20. The zero-order valence-corrected chi connectivity index (χ0v) is 22.5. The van der Waals surface area contributed by atoms with E-state index >= 15 is 0 Å². The van der Waals surface area contributed by atoms with E-state index < -0.39 is 0 Å². The highest BCUT2D eigenvalue weighted by molar-refractivity contribution is 7.99. The van der Waals surface area contributed by atoms with E-state index in [9.17, 15) is 0 Å². The van der Waals surface area contributed by atoms with E-state index in [0.29, 0.717) is 0 Å². The van der Waals surface area contributed by atoms with Gasteiger partial charge in [0.15, 0.2) is 0 Å². The summed E-state index contributed by atoms with van der Waals surface area (Å²) >= 11 is 2.02. The minimum Gasteiger partial charge on any atom is -0.324 e. The van der Waals surface area contributed by atoms with Crippen molar-refractivity contribution in [1.29, 1.82) is 0 Å². The van der Waals surface area contributed by atoms with Gasteiger partial charge < -0.3 is 9.05 Å². The Balaban J connectivity index is 1.50. The molecule has 0 radical (unpaired) electrons. The zero-order chi connectivity index (χ0) is 24.1. The maximum Gasteiger partial charge on any atom is 0.0786 e. The molecule has 2 nitrogen and oxygen atoms in total. The van der Waals surface area contributed by atoms with E-state index in [-0.39, 0.29) is 0 Å². The Morgan fingerprint density at radius 3 is 1.97 bits per heavy atom. The molecule has 0 N–H and O–H groups in total. The van der Waals surface area contributed by atoms with Crippen molar-refractivity contribution in [2.75, 3.05) is 31.9 Å². The second-order valence-corrected chi connectivity index (χ2v) is 11.0. The molecule has 0 saturated carbocycles. The van der Waals surface area contributed by atoms with Crippen molar-refractivity contribution < 1.29 is 4.48 Å². The first kappa shape index (κ1) is 24.9. The van der Waals surface area contributed by atoms with Gasteiger partial charge in [-0.1, -0.05) is 29.3 Å². The second-order valence-electron chi connectivity index (χ2n) is 9.79. The third kappa shape index (κ3) is 5.21. The molecule has 1 heterocycles. The summed E-state index contributed by atoms with van der Waals surface area (Å²) in [6.07, 6.45) is 3.98. The maximum absolute atomic E-state index is 2.42. The van der Waals surface area contributed by atoms with Crippen LogP contribution in [0.4, 0.5) is 0 Å². The first-order valence-electron chi connectivity index (χ1n) is 13.1. The lowest BCUT2D eigenvalue weighted by Gasteiger charge is -2.35. The Hall–Kier alpha value is -2.23. The molecule has 0 fully saturated rings. The quantitative estimate of drug-likeness (QED) is 0.120. The molecule has 3 heteroatoms. The lowest BCUT2D eigenvalue weighted by molar-refractivity contribution is -0.923. The standard InChI is InChI=1S/C31H41N2S/c1-6-33(7-2,8-3)20-10-9-11-21-34-27-17-19-31-29(23-27)28-22-25(5)14-18-30(28)32(31)26-15-12-24(4)13-16-26/h12-19,22-23H,6-11,20-21H2,1-5H3/q+1. The van der Waals surface area contributed by atoms with Crippen LogP contribution in [-0.4, -0.2) is 41.0 Å². The Morgan fingerprint density at radius 2 is 1.29 bits per heavy atom. The van der Waals surface area contributed by atoms with Gasteiger partial charge in [0.2, 0.25) is 0 Å². The van der Waals surface area contributed by atoms with Crippen LogP contribution < -0.4 is 0 Å². The molecule has 1 aromatic heterocycles. The van der Waals surface area contributed by atoms with Crippen LogP contribution >= 0.6 is 11.8 Å². The van der Waals surface area contributed by atoms with Crippen molar-refractivity contribution in [3.63, 3.8) is 0 Å². The van der Waals surface area contributed by atoms with Crippen molar-refractivity contribution in [2.45, 2.75) is 58.8 Å². The molecular formula is C31H41N2S+. The number of unbranched alkanes of at least 4 members (excludes halogenated alkanes) is 2. The van der Waals surface area contributed by atoms with Crippen LogP contribution in [0.1, 0.15) is 51.2 Å². The van der Waals surface area contributed by atoms with E-state index in [0.717, 1.165) is 0 Å². The van der Waals surface area contributed by atoms with Gasteiger partial charge in [0, 0.05) is 21.4 Å². The maximum atomic E-state index is 2.42. The fourth-order valence-electron chi connectivity index (χ4n) is 5.24. The van der Waals surface area contributed by atoms with E-state index in [4.69, 9.17) is 0 Å². The van der Waals surface area contributed by atoms with E-state index in [1.54, 1.807) is 0 Å². The van der Waals surface area contributed by atoms with Gasteiger partial charge in [0.1, 0.15) is 0 Å². The average Bonchev–Trinajstić information content (AvgIpc) is 3.17. The third-order valence-corrected chi connectivity index (χ3v) is 8.82.